The van der Waals surface area contributed by atoms with Crippen LogP contribution in [0, 0.1) is 11.8 Å². The van der Waals surface area contributed by atoms with E-state index in [0.717, 1.165) is 51.4 Å². The first kappa shape index (κ1) is 20.7. The minimum Gasteiger partial charge on any atom is -0.379 e. The number of hydrogen-bond acceptors (Lipinski definition) is 5. The number of anilines is 1. The highest BCUT2D eigenvalue weighted by molar-refractivity contribution is 5.99. The molecule has 0 saturated carbocycles. The van der Waals surface area contributed by atoms with Crippen LogP contribution in [0.4, 0.5) is 5.69 Å². The zero-order valence-corrected chi connectivity index (χ0v) is 18.1. The molecule has 1 N–H and O–H groups in total. The highest BCUT2D eigenvalue weighted by Gasteiger charge is 2.66. The van der Waals surface area contributed by atoms with Crippen molar-refractivity contribution in [3.8, 4) is 0 Å². The number of nitrogens with zero attached hydrogens (tertiary/aromatic N) is 2. The van der Waals surface area contributed by atoms with Crippen LogP contribution in [0.15, 0.2) is 36.4 Å². The summed E-state index contributed by atoms with van der Waals surface area (Å²) in [5.41, 5.74) is 1.34. The fourth-order valence-corrected chi connectivity index (χ4v) is 5.43. The lowest BCUT2D eigenvalue weighted by Gasteiger charge is -2.27. The van der Waals surface area contributed by atoms with Crippen LogP contribution < -0.4 is 5.32 Å². The van der Waals surface area contributed by atoms with Crippen LogP contribution in [0.2, 0.25) is 0 Å². The average molecular weight is 426 g/mol. The Balaban J connectivity index is 1.23. The van der Waals surface area contributed by atoms with Crippen LogP contribution in [0.25, 0.3) is 0 Å². The Morgan fingerprint density at radius 2 is 1.97 bits per heavy atom. The number of aryl methyl sites for hydroxylation is 1. The number of morpholine rings is 1. The summed E-state index contributed by atoms with van der Waals surface area (Å²) >= 11 is 0. The Labute approximate surface area is 183 Å². The number of carbonyl (C=O) groups is 2. The lowest BCUT2D eigenvalue weighted by Crippen LogP contribution is -2.41. The van der Waals surface area contributed by atoms with Crippen LogP contribution in [-0.4, -0.2) is 79.3 Å². The van der Waals surface area contributed by atoms with Crippen LogP contribution in [0.1, 0.15) is 18.9 Å². The summed E-state index contributed by atoms with van der Waals surface area (Å²) < 4.78 is 11.6. The third kappa shape index (κ3) is 3.79. The van der Waals surface area contributed by atoms with Crippen molar-refractivity contribution < 1.29 is 19.1 Å². The molecule has 1 aromatic carbocycles. The van der Waals surface area contributed by atoms with Crippen LogP contribution in [-0.2, 0) is 25.5 Å². The second kappa shape index (κ2) is 8.37. The van der Waals surface area contributed by atoms with Gasteiger partial charge in [0.1, 0.15) is 5.60 Å². The predicted molar refractivity (Wildman–Crippen MR) is 117 cm³/mol. The number of benzene rings is 1. The van der Waals surface area contributed by atoms with Crippen LogP contribution in [0.5, 0.6) is 0 Å². The van der Waals surface area contributed by atoms with Gasteiger partial charge in [-0.2, -0.15) is 0 Å². The Bertz CT molecular complexity index is 864. The summed E-state index contributed by atoms with van der Waals surface area (Å²) in [5.74, 6) is -0.988. The third-order valence-corrected chi connectivity index (χ3v) is 7.12. The van der Waals surface area contributed by atoms with Crippen molar-refractivity contribution in [2.24, 2.45) is 11.8 Å². The molecule has 1 aromatic rings. The average Bonchev–Trinajstić information content (AvgIpc) is 3.43. The molecule has 4 aliphatic heterocycles. The molecule has 4 atom stereocenters. The molecule has 0 aromatic heterocycles. The lowest BCUT2D eigenvalue weighted by atomic mass is 9.77. The van der Waals surface area contributed by atoms with Gasteiger partial charge in [-0.05, 0) is 30.5 Å². The number of ether oxygens (including phenoxy) is 2. The summed E-state index contributed by atoms with van der Waals surface area (Å²) in [4.78, 5) is 30.7. The molecule has 2 amide bonds. The number of amides is 2. The summed E-state index contributed by atoms with van der Waals surface area (Å²) in [5, 5.41) is 3.01. The largest absolute Gasteiger partial charge is 0.379 e. The highest BCUT2D eigenvalue weighted by atomic mass is 16.5. The number of hydrogen-bond donors (Lipinski definition) is 1. The van der Waals surface area contributed by atoms with E-state index in [4.69, 9.17) is 9.47 Å². The molecule has 7 nitrogen and oxygen atoms in total. The molecule has 1 spiro atoms. The van der Waals surface area contributed by atoms with E-state index in [9.17, 15) is 9.59 Å². The van der Waals surface area contributed by atoms with Crippen molar-refractivity contribution in [3.63, 3.8) is 0 Å². The molecule has 0 aliphatic carbocycles. The molecule has 2 bridgehead atoms. The van der Waals surface area contributed by atoms with Gasteiger partial charge in [-0.15, -0.1) is 0 Å². The van der Waals surface area contributed by atoms with E-state index in [1.165, 1.54) is 5.56 Å². The van der Waals surface area contributed by atoms with Gasteiger partial charge in [0.25, 0.3) is 0 Å². The quantitative estimate of drug-likeness (QED) is 0.674. The fourth-order valence-electron chi connectivity index (χ4n) is 5.43. The Kier molecular flexibility index (Phi) is 5.58. The van der Waals surface area contributed by atoms with Crippen molar-refractivity contribution in [2.75, 3.05) is 51.3 Å². The van der Waals surface area contributed by atoms with Crippen molar-refractivity contribution >= 4 is 17.5 Å². The maximum atomic E-state index is 13.3. The molecule has 4 aliphatic rings. The Hall–Kier alpha value is -2.22. The second-order valence-electron chi connectivity index (χ2n) is 9.01. The van der Waals surface area contributed by atoms with E-state index in [1.54, 1.807) is 0 Å². The minimum atomic E-state index is -0.644. The third-order valence-electron chi connectivity index (χ3n) is 7.12. The van der Waals surface area contributed by atoms with E-state index in [1.807, 2.05) is 41.3 Å². The first-order valence-electron chi connectivity index (χ1n) is 11.5. The number of nitrogens with one attached hydrogen (secondary N) is 1. The van der Waals surface area contributed by atoms with E-state index in [0.29, 0.717) is 13.1 Å². The zero-order valence-electron chi connectivity index (χ0n) is 18.1. The number of fused-ring (bicyclic) bond motifs is 1. The number of carbonyl (C=O) groups excluding carboxylic acids is 2. The van der Waals surface area contributed by atoms with Gasteiger partial charge in [0.15, 0.2) is 0 Å². The molecule has 0 radical (unpaired) electrons. The first-order valence-corrected chi connectivity index (χ1v) is 11.5. The lowest BCUT2D eigenvalue weighted by molar-refractivity contribution is -0.135. The molecule has 1 unspecified atom stereocenters. The van der Waals surface area contributed by atoms with Crippen molar-refractivity contribution in [1.29, 1.82) is 0 Å². The normalized spacial score (nSPS) is 32.0. The molecule has 3 fully saturated rings. The molecule has 166 valence electrons. The summed E-state index contributed by atoms with van der Waals surface area (Å²) in [7, 11) is 0. The number of rotatable bonds is 7. The molecular formula is C24H31N3O4. The Morgan fingerprint density at radius 3 is 2.71 bits per heavy atom. The second-order valence-corrected chi connectivity index (χ2v) is 9.01. The molecule has 7 heteroatoms. The zero-order chi connectivity index (χ0) is 21.4. The van der Waals surface area contributed by atoms with Crippen molar-refractivity contribution in [3.05, 3.63) is 42.0 Å². The van der Waals surface area contributed by atoms with Gasteiger partial charge in [-0.25, -0.2) is 0 Å². The topological polar surface area (TPSA) is 71.1 Å². The monoisotopic (exact) mass is 425 g/mol. The van der Waals surface area contributed by atoms with Crippen molar-refractivity contribution in [2.45, 2.75) is 31.5 Å². The van der Waals surface area contributed by atoms with Gasteiger partial charge in [-0.1, -0.05) is 31.2 Å². The van der Waals surface area contributed by atoms with E-state index < -0.39 is 17.4 Å². The van der Waals surface area contributed by atoms with E-state index in [-0.39, 0.29) is 17.9 Å². The summed E-state index contributed by atoms with van der Waals surface area (Å²) in [6.45, 7) is 7.78. The van der Waals surface area contributed by atoms with Crippen molar-refractivity contribution in [1.82, 2.24) is 9.80 Å². The standard InChI is InChI=1S/C24H31N3O4/c1-2-17-4-6-18(7-5-17)25-22(28)20-19-8-9-24(31-19)16-27(23(29)21(20)24)11-3-10-26-12-14-30-15-13-26/h4-9,19-21H,2-3,10-16H2,1H3,(H,25,28)/t19-,20+,21-,24?/m1/s1. The molecule has 5 rings (SSSR count). The maximum absolute atomic E-state index is 13.3. The van der Waals surface area contributed by atoms with E-state index >= 15 is 0 Å². The van der Waals surface area contributed by atoms with Crippen LogP contribution >= 0.6 is 0 Å². The smallest absolute Gasteiger partial charge is 0.231 e. The van der Waals surface area contributed by atoms with Crippen LogP contribution in [0.3, 0.4) is 0 Å². The fraction of sp³-hybridized carbons (Fsp3) is 0.583. The Morgan fingerprint density at radius 1 is 1.19 bits per heavy atom. The summed E-state index contributed by atoms with van der Waals surface area (Å²) in [6.07, 6.45) is 5.53. The molecule has 4 heterocycles. The van der Waals surface area contributed by atoms with Gasteiger partial charge in [0, 0.05) is 31.9 Å². The minimum absolute atomic E-state index is 0.0512. The highest BCUT2D eigenvalue weighted by Crippen LogP contribution is 2.52. The summed E-state index contributed by atoms with van der Waals surface area (Å²) in [6, 6.07) is 7.88. The van der Waals surface area contributed by atoms with E-state index in [2.05, 4.69) is 17.1 Å². The van der Waals surface area contributed by atoms with Gasteiger partial charge >= 0.3 is 0 Å². The first-order chi connectivity index (χ1) is 15.1. The maximum Gasteiger partial charge on any atom is 0.231 e. The van der Waals surface area contributed by atoms with Gasteiger partial charge in [0.2, 0.25) is 11.8 Å². The van der Waals surface area contributed by atoms with Gasteiger partial charge in [-0.3, -0.25) is 14.5 Å². The SMILES string of the molecule is CCc1ccc(NC(=O)[C@H]2[C@H]3C=CC4(CN(CCCN5CCOCC5)C(=O)[C@@H]24)O3)cc1. The van der Waals surface area contributed by atoms with Gasteiger partial charge < -0.3 is 19.7 Å². The predicted octanol–water partition coefficient (Wildman–Crippen LogP) is 1.69. The number of likely N-dealkylation sites (tertiary alicyclic amines) is 1. The molecule has 31 heavy (non-hydrogen) atoms. The molecule has 3 saturated heterocycles. The van der Waals surface area contributed by atoms with Gasteiger partial charge in [0.05, 0.1) is 37.7 Å². The molecular weight excluding hydrogens is 394 g/mol.